The quantitative estimate of drug-likeness (QED) is 0.884. The van der Waals surface area contributed by atoms with Gasteiger partial charge in [-0.25, -0.2) is 9.97 Å². The highest BCUT2D eigenvalue weighted by Gasteiger charge is 2.13. The highest BCUT2D eigenvalue weighted by molar-refractivity contribution is 5.92. The molecule has 2 N–H and O–H groups in total. The van der Waals surface area contributed by atoms with E-state index >= 15 is 0 Å². The molecule has 0 aliphatic carbocycles. The average Bonchev–Trinajstić information content (AvgIpc) is 2.51. The minimum atomic E-state index is -0.172. The first-order valence-corrected chi connectivity index (χ1v) is 7.90. The Morgan fingerprint density at radius 1 is 1.22 bits per heavy atom. The molecule has 0 aliphatic heterocycles. The van der Waals surface area contributed by atoms with Crippen molar-refractivity contribution in [3.05, 3.63) is 46.8 Å². The number of carbonyl (C=O) groups is 1. The van der Waals surface area contributed by atoms with Gasteiger partial charge in [-0.05, 0) is 57.4 Å². The van der Waals surface area contributed by atoms with Crippen LogP contribution in [-0.4, -0.2) is 21.9 Å². The molecule has 23 heavy (non-hydrogen) atoms. The molecule has 1 aromatic heterocycles. The van der Waals surface area contributed by atoms with Crippen molar-refractivity contribution >= 4 is 17.5 Å². The second kappa shape index (κ2) is 7.22. The van der Waals surface area contributed by atoms with E-state index in [1.165, 1.54) is 5.56 Å². The molecule has 5 nitrogen and oxygen atoms in total. The maximum absolute atomic E-state index is 12.3. The molecular formula is C18H24N4O. The molecule has 1 amide bonds. The Hall–Kier alpha value is -2.43. The number of amides is 1. The summed E-state index contributed by atoms with van der Waals surface area (Å²) in [5, 5.41) is 6.14. The first kappa shape index (κ1) is 16.9. The molecule has 0 saturated carbocycles. The van der Waals surface area contributed by atoms with Crippen molar-refractivity contribution in [3.8, 4) is 0 Å². The van der Waals surface area contributed by atoms with Crippen LogP contribution in [0.4, 0.5) is 11.6 Å². The van der Waals surface area contributed by atoms with Crippen LogP contribution in [0, 0.1) is 20.8 Å². The smallest absolute Gasteiger partial charge is 0.270 e. The third-order valence-electron chi connectivity index (χ3n) is 3.93. The van der Waals surface area contributed by atoms with Crippen molar-refractivity contribution in [1.82, 2.24) is 15.3 Å². The molecule has 0 radical (unpaired) electrons. The van der Waals surface area contributed by atoms with Gasteiger partial charge in [0.05, 0.1) is 0 Å². The van der Waals surface area contributed by atoms with E-state index in [2.05, 4.69) is 33.6 Å². The molecule has 122 valence electrons. The molecule has 2 rings (SSSR count). The molecule has 0 spiro atoms. The van der Waals surface area contributed by atoms with Crippen molar-refractivity contribution in [3.63, 3.8) is 0 Å². The van der Waals surface area contributed by atoms with Gasteiger partial charge in [-0.3, -0.25) is 4.79 Å². The van der Waals surface area contributed by atoms with Crippen molar-refractivity contribution in [2.45, 2.75) is 47.1 Å². The number of aromatic nitrogens is 2. The fourth-order valence-corrected chi connectivity index (χ4v) is 2.15. The summed E-state index contributed by atoms with van der Waals surface area (Å²) in [5.74, 6) is 0.266. The second-order valence-electron chi connectivity index (χ2n) is 5.87. The zero-order valence-electron chi connectivity index (χ0n) is 14.4. The van der Waals surface area contributed by atoms with Crippen LogP contribution in [0.25, 0.3) is 0 Å². The molecule has 1 heterocycles. The lowest BCUT2D eigenvalue weighted by Crippen LogP contribution is -2.32. The van der Waals surface area contributed by atoms with Gasteiger partial charge in [-0.1, -0.05) is 19.1 Å². The highest BCUT2D eigenvalue weighted by Crippen LogP contribution is 2.21. The fourth-order valence-electron chi connectivity index (χ4n) is 2.15. The summed E-state index contributed by atoms with van der Waals surface area (Å²) in [5.41, 5.74) is 4.41. The van der Waals surface area contributed by atoms with E-state index in [1.807, 2.05) is 39.8 Å². The number of aryl methyl sites for hydroxylation is 2. The molecule has 1 unspecified atom stereocenters. The van der Waals surface area contributed by atoms with Crippen molar-refractivity contribution in [2.24, 2.45) is 0 Å². The normalized spacial score (nSPS) is 11.9. The minimum Gasteiger partial charge on any atom is -0.348 e. The number of benzene rings is 1. The van der Waals surface area contributed by atoms with Gasteiger partial charge in [0, 0.05) is 17.4 Å². The molecular weight excluding hydrogens is 288 g/mol. The largest absolute Gasteiger partial charge is 0.348 e. The van der Waals surface area contributed by atoms with Crippen LogP contribution >= 0.6 is 0 Å². The Balaban J connectivity index is 2.27. The molecule has 1 aromatic carbocycles. The van der Waals surface area contributed by atoms with Crippen LogP contribution in [0.5, 0.6) is 0 Å². The van der Waals surface area contributed by atoms with E-state index in [1.54, 1.807) is 6.07 Å². The van der Waals surface area contributed by atoms with Gasteiger partial charge in [0.15, 0.2) is 0 Å². The Morgan fingerprint density at radius 2 is 1.96 bits per heavy atom. The third kappa shape index (κ3) is 4.28. The standard InChI is InChI=1S/C18H24N4O/c1-6-12(3)19-17(23)16-10-13(4)20-18(22-16)21-15-9-7-8-11(2)14(15)5/h7-10,12H,6H2,1-5H3,(H,19,23)(H,20,21,22). The molecule has 0 bridgehead atoms. The van der Waals surface area contributed by atoms with Crippen LogP contribution in [0.2, 0.25) is 0 Å². The monoisotopic (exact) mass is 312 g/mol. The highest BCUT2D eigenvalue weighted by atomic mass is 16.1. The lowest BCUT2D eigenvalue weighted by Gasteiger charge is -2.13. The SMILES string of the molecule is CCC(C)NC(=O)c1cc(C)nc(Nc2cccc(C)c2C)n1. The molecule has 0 fully saturated rings. The number of nitrogens with one attached hydrogen (secondary N) is 2. The molecule has 0 saturated heterocycles. The summed E-state index contributed by atoms with van der Waals surface area (Å²) in [6.07, 6.45) is 0.878. The Labute approximate surface area is 137 Å². The van der Waals surface area contributed by atoms with Gasteiger partial charge in [-0.15, -0.1) is 0 Å². The second-order valence-corrected chi connectivity index (χ2v) is 5.87. The van der Waals surface area contributed by atoms with E-state index in [4.69, 9.17) is 0 Å². The van der Waals surface area contributed by atoms with E-state index in [9.17, 15) is 4.79 Å². The topological polar surface area (TPSA) is 66.9 Å². The summed E-state index contributed by atoms with van der Waals surface area (Å²) in [6.45, 7) is 9.97. The van der Waals surface area contributed by atoms with Gasteiger partial charge >= 0.3 is 0 Å². The van der Waals surface area contributed by atoms with Gasteiger partial charge in [0.25, 0.3) is 5.91 Å². The first-order chi connectivity index (χ1) is 10.9. The van der Waals surface area contributed by atoms with E-state index in [-0.39, 0.29) is 11.9 Å². The summed E-state index contributed by atoms with van der Waals surface area (Å²) < 4.78 is 0. The number of hydrogen-bond donors (Lipinski definition) is 2. The summed E-state index contributed by atoms with van der Waals surface area (Å²) >= 11 is 0. The lowest BCUT2D eigenvalue weighted by molar-refractivity contribution is 0.0934. The van der Waals surface area contributed by atoms with Gasteiger partial charge in [0.2, 0.25) is 5.95 Å². The van der Waals surface area contributed by atoms with E-state index in [0.717, 1.165) is 23.4 Å². The fraction of sp³-hybridized carbons (Fsp3) is 0.389. The number of carbonyl (C=O) groups excluding carboxylic acids is 1. The van der Waals surface area contributed by atoms with Crippen LogP contribution < -0.4 is 10.6 Å². The molecule has 0 aliphatic rings. The first-order valence-electron chi connectivity index (χ1n) is 7.90. The minimum absolute atomic E-state index is 0.119. The van der Waals surface area contributed by atoms with Crippen LogP contribution in [0.15, 0.2) is 24.3 Å². The molecule has 1 atom stereocenters. The summed E-state index contributed by atoms with van der Waals surface area (Å²) in [7, 11) is 0. The van der Waals surface area contributed by atoms with Crippen LogP contribution in [-0.2, 0) is 0 Å². The Bertz CT molecular complexity index is 712. The average molecular weight is 312 g/mol. The van der Waals surface area contributed by atoms with E-state index < -0.39 is 0 Å². The number of nitrogens with zero attached hydrogens (tertiary/aromatic N) is 2. The predicted octanol–water partition coefficient (Wildman–Crippen LogP) is 3.67. The third-order valence-corrected chi connectivity index (χ3v) is 3.93. The van der Waals surface area contributed by atoms with Gasteiger partial charge < -0.3 is 10.6 Å². The molecule has 2 aromatic rings. The van der Waals surface area contributed by atoms with Crippen molar-refractivity contribution in [1.29, 1.82) is 0 Å². The zero-order valence-corrected chi connectivity index (χ0v) is 14.4. The number of rotatable bonds is 5. The summed E-state index contributed by atoms with van der Waals surface area (Å²) in [6, 6.07) is 7.84. The van der Waals surface area contributed by atoms with Crippen LogP contribution in [0.1, 0.15) is 47.6 Å². The van der Waals surface area contributed by atoms with Gasteiger partial charge in [-0.2, -0.15) is 0 Å². The Morgan fingerprint density at radius 3 is 2.65 bits per heavy atom. The maximum Gasteiger partial charge on any atom is 0.270 e. The van der Waals surface area contributed by atoms with Crippen molar-refractivity contribution < 1.29 is 4.79 Å². The predicted molar refractivity (Wildman–Crippen MR) is 93.2 cm³/mol. The molecule has 5 heteroatoms. The van der Waals surface area contributed by atoms with E-state index in [0.29, 0.717) is 11.6 Å². The number of hydrogen-bond acceptors (Lipinski definition) is 4. The Kier molecular flexibility index (Phi) is 5.32. The van der Waals surface area contributed by atoms with Crippen LogP contribution in [0.3, 0.4) is 0 Å². The zero-order chi connectivity index (χ0) is 17.0. The van der Waals surface area contributed by atoms with Gasteiger partial charge in [0.1, 0.15) is 5.69 Å². The van der Waals surface area contributed by atoms with Crippen molar-refractivity contribution in [2.75, 3.05) is 5.32 Å². The maximum atomic E-state index is 12.3. The summed E-state index contributed by atoms with van der Waals surface area (Å²) in [4.78, 5) is 21.0. The lowest BCUT2D eigenvalue weighted by atomic mass is 10.1. The number of anilines is 2.